The fourth-order valence-electron chi connectivity index (χ4n) is 3.53. The third-order valence-electron chi connectivity index (χ3n) is 5.31. The Bertz CT molecular complexity index is 1070. The Kier molecular flexibility index (Phi) is 7.50. The predicted octanol–water partition coefficient (Wildman–Crippen LogP) is 3.75. The number of amides is 2. The third-order valence-corrected chi connectivity index (χ3v) is 5.31. The quantitative estimate of drug-likeness (QED) is 0.486. The Morgan fingerprint density at radius 3 is 2.24 bits per heavy atom. The van der Waals surface area contributed by atoms with E-state index in [4.69, 9.17) is 14.2 Å². The van der Waals surface area contributed by atoms with Gasteiger partial charge in [0.1, 0.15) is 12.4 Å². The summed E-state index contributed by atoms with van der Waals surface area (Å²) in [5.41, 5.74) is 2.96. The number of methoxy groups -OCH3 is 2. The van der Waals surface area contributed by atoms with Crippen molar-refractivity contribution in [2.24, 2.45) is 0 Å². The normalized spacial score (nSPS) is 15.5. The minimum atomic E-state index is -0.647. The highest BCUT2D eigenvalue weighted by Crippen LogP contribution is 2.32. The van der Waals surface area contributed by atoms with Gasteiger partial charge in [-0.2, -0.15) is 0 Å². The Balaban J connectivity index is 1.75. The van der Waals surface area contributed by atoms with E-state index < -0.39 is 18.0 Å². The monoisotopic (exact) mass is 450 g/mol. The van der Waals surface area contributed by atoms with Crippen molar-refractivity contribution in [1.29, 1.82) is 0 Å². The van der Waals surface area contributed by atoms with E-state index in [1.54, 1.807) is 61.5 Å². The van der Waals surface area contributed by atoms with E-state index in [1.165, 1.54) is 19.1 Å². The van der Waals surface area contributed by atoms with Crippen LogP contribution in [0, 0.1) is 0 Å². The summed E-state index contributed by atoms with van der Waals surface area (Å²) in [4.78, 5) is 38.0. The Morgan fingerprint density at radius 2 is 1.67 bits per heavy atom. The van der Waals surface area contributed by atoms with Gasteiger partial charge in [-0.05, 0) is 42.3 Å². The molecule has 0 saturated carbocycles. The molecule has 1 unspecified atom stereocenters. The lowest BCUT2D eigenvalue weighted by molar-refractivity contribution is -0.136. The largest absolute Gasteiger partial charge is 0.489 e. The van der Waals surface area contributed by atoms with E-state index in [0.717, 1.165) is 11.1 Å². The highest BCUT2D eigenvalue weighted by molar-refractivity contribution is 5.95. The van der Waals surface area contributed by atoms with Crippen molar-refractivity contribution in [3.8, 4) is 5.75 Å². The van der Waals surface area contributed by atoms with Crippen LogP contribution in [0.5, 0.6) is 5.75 Å². The molecule has 2 amide bonds. The van der Waals surface area contributed by atoms with E-state index >= 15 is 0 Å². The van der Waals surface area contributed by atoms with E-state index in [0.29, 0.717) is 29.2 Å². The molecule has 0 spiro atoms. The first kappa shape index (κ1) is 23.6. The van der Waals surface area contributed by atoms with Gasteiger partial charge in [0.05, 0.1) is 31.4 Å². The maximum atomic E-state index is 12.6. The van der Waals surface area contributed by atoms with Crippen LogP contribution in [0.25, 0.3) is 0 Å². The zero-order chi connectivity index (χ0) is 24.0. The summed E-state index contributed by atoms with van der Waals surface area (Å²) in [6.45, 7) is 5.96. The van der Waals surface area contributed by atoms with E-state index in [-0.39, 0.29) is 12.6 Å². The van der Waals surface area contributed by atoms with E-state index in [1.807, 2.05) is 0 Å². The van der Waals surface area contributed by atoms with Crippen molar-refractivity contribution in [3.63, 3.8) is 0 Å². The molecule has 8 nitrogen and oxygen atoms in total. The van der Waals surface area contributed by atoms with Gasteiger partial charge in [-0.3, -0.25) is 4.90 Å². The molecule has 0 saturated heterocycles. The molecular weight excluding hydrogens is 424 g/mol. The van der Waals surface area contributed by atoms with Crippen LogP contribution >= 0.6 is 0 Å². The van der Waals surface area contributed by atoms with Gasteiger partial charge in [0.15, 0.2) is 0 Å². The second kappa shape index (κ2) is 10.5. The van der Waals surface area contributed by atoms with Crippen LogP contribution in [-0.4, -0.2) is 43.6 Å². The molecule has 2 aromatic carbocycles. The first-order chi connectivity index (χ1) is 15.9. The van der Waals surface area contributed by atoms with Gasteiger partial charge >= 0.3 is 18.0 Å². The molecule has 1 N–H and O–H groups in total. The summed E-state index contributed by atoms with van der Waals surface area (Å²) in [5, 5.41) is 2.86. The number of hydrogen-bond donors (Lipinski definition) is 1. The number of carbonyl (C=O) groups is 3. The lowest BCUT2D eigenvalue weighted by Crippen LogP contribution is -2.47. The van der Waals surface area contributed by atoms with Crippen LogP contribution in [0.1, 0.15) is 34.5 Å². The highest BCUT2D eigenvalue weighted by atomic mass is 16.5. The number of hydrogen-bond acceptors (Lipinski definition) is 6. The molecule has 0 bridgehead atoms. The van der Waals surface area contributed by atoms with Crippen LogP contribution in [0.2, 0.25) is 0 Å². The van der Waals surface area contributed by atoms with Gasteiger partial charge in [-0.25, -0.2) is 14.4 Å². The van der Waals surface area contributed by atoms with Gasteiger partial charge in [0, 0.05) is 12.2 Å². The molecule has 1 atom stereocenters. The van der Waals surface area contributed by atoms with Gasteiger partial charge in [-0.15, -0.1) is 6.58 Å². The van der Waals surface area contributed by atoms with Crippen molar-refractivity contribution in [2.75, 3.05) is 20.8 Å². The average molecular weight is 450 g/mol. The minimum absolute atomic E-state index is 0.276. The number of ether oxygens (including phenoxy) is 3. The zero-order valence-electron chi connectivity index (χ0n) is 18.8. The van der Waals surface area contributed by atoms with Gasteiger partial charge in [0.25, 0.3) is 0 Å². The van der Waals surface area contributed by atoms with Crippen LogP contribution in [-0.2, 0) is 20.9 Å². The molecule has 172 valence electrons. The van der Waals surface area contributed by atoms with Crippen LogP contribution in [0.4, 0.5) is 4.79 Å². The number of rotatable bonds is 8. The molecule has 1 aliphatic heterocycles. The molecule has 8 heteroatoms. The standard InChI is InChI=1S/C25H26N2O6/c1-5-14-27-16(2)21(24(29)32-4)22(26-25(27)30)18-10-12-20(13-11-18)33-15-17-6-8-19(9-7-17)23(28)31-3/h5-13,22H,1,14-15H2,2-4H3,(H,26,30). The van der Waals surface area contributed by atoms with Crippen molar-refractivity contribution in [2.45, 2.75) is 19.6 Å². The maximum absolute atomic E-state index is 12.6. The topological polar surface area (TPSA) is 94.2 Å². The van der Waals surface area contributed by atoms with Gasteiger partial charge in [0.2, 0.25) is 0 Å². The second-order valence-electron chi connectivity index (χ2n) is 7.32. The maximum Gasteiger partial charge on any atom is 0.337 e. The smallest absolute Gasteiger partial charge is 0.337 e. The zero-order valence-corrected chi connectivity index (χ0v) is 18.8. The summed E-state index contributed by atoms with van der Waals surface area (Å²) in [6.07, 6.45) is 1.59. The number of esters is 2. The van der Waals surface area contributed by atoms with E-state index in [2.05, 4.69) is 11.9 Å². The lowest BCUT2D eigenvalue weighted by Gasteiger charge is -2.34. The summed E-state index contributed by atoms with van der Waals surface area (Å²) in [6, 6.07) is 13.1. The van der Waals surface area contributed by atoms with Crippen molar-refractivity contribution in [1.82, 2.24) is 10.2 Å². The molecule has 0 radical (unpaired) electrons. The molecule has 1 aliphatic rings. The number of nitrogens with one attached hydrogen (secondary N) is 1. The molecule has 2 aromatic rings. The number of benzene rings is 2. The summed E-state index contributed by atoms with van der Waals surface area (Å²) in [5.74, 6) is -0.287. The number of nitrogens with zero attached hydrogens (tertiary/aromatic N) is 1. The fourth-order valence-corrected chi connectivity index (χ4v) is 3.53. The number of carbonyl (C=O) groups excluding carboxylic acids is 3. The molecule has 0 aliphatic carbocycles. The molecule has 3 rings (SSSR count). The first-order valence-corrected chi connectivity index (χ1v) is 10.3. The number of allylic oxidation sites excluding steroid dienone is 1. The Labute approximate surface area is 192 Å². The van der Waals surface area contributed by atoms with Crippen LogP contribution < -0.4 is 10.1 Å². The van der Waals surface area contributed by atoms with Crippen molar-refractivity contribution >= 4 is 18.0 Å². The Morgan fingerprint density at radius 1 is 1.03 bits per heavy atom. The fraction of sp³-hybridized carbons (Fsp3) is 0.240. The van der Waals surface area contributed by atoms with Gasteiger partial charge in [-0.1, -0.05) is 30.3 Å². The summed E-state index contributed by atoms with van der Waals surface area (Å²) in [7, 11) is 2.65. The summed E-state index contributed by atoms with van der Waals surface area (Å²) < 4.78 is 15.5. The molecule has 0 fully saturated rings. The molecular formula is C25H26N2O6. The Hall–Kier alpha value is -4.07. The van der Waals surface area contributed by atoms with Gasteiger partial charge < -0.3 is 19.5 Å². The summed E-state index contributed by atoms with van der Waals surface area (Å²) >= 11 is 0. The molecule has 33 heavy (non-hydrogen) atoms. The molecule has 0 aromatic heterocycles. The van der Waals surface area contributed by atoms with Crippen LogP contribution in [0.15, 0.2) is 72.5 Å². The third kappa shape index (κ3) is 5.23. The highest BCUT2D eigenvalue weighted by Gasteiger charge is 2.35. The SMILES string of the molecule is C=CCN1C(=O)NC(c2ccc(OCc3ccc(C(=O)OC)cc3)cc2)C(C(=O)OC)=C1C. The van der Waals surface area contributed by atoms with Crippen molar-refractivity contribution < 1.29 is 28.6 Å². The van der Waals surface area contributed by atoms with E-state index in [9.17, 15) is 14.4 Å². The predicted molar refractivity (Wildman–Crippen MR) is 121 cm³/mol. The first-order valence-electron chi connectivity index (χ1n) is 10.3. The number of urea groups is 1. The lowest BCUT2D eigenvalue weighted by atomic mass is 9.95. The molecule has 1 heterocycles. The van der Waals surface area contributed by atoms with Crippen LogP contribution in [0.3, 0.4) is 0 Å². The second-order valence-corrected chi connectivity index (χ2v) is 7.32. The average Bonchev–Trinajstić information content (AvgIpc) is 2.84. The minimum Gasteiger partial charge on any atom is -0.489 e. The van der Waals surface area contributed by atoms with Crippen molar-refractivity contribution in [3.05, 3.63) is 89.1 Å².